The highest BCUT2D eigenvalue weighted by Gasteiger charge is 2.28. The van der Waals surface area contributed by atoms with Crippen LogP contribution in [-0.4, -0.2) is 18.4 Å². The van der Waals surface area contributed by atoms with Gasteiger partial charge in [-0.3, -0.25) is 9.59 Å². The van der Waals surface area contributed by atoms with Gasteiger partial charge >= 0.3 is 5.97 Å². The normalized spacial score (nSPS) is 14.2. The monoisotopic (exact) mass is 338 g/mol. The lowest BCUT2D eigenvalue weighted by Crippen LogP contribution is -2.07. The van der Waals surface area contributed by atoms with Crippen molar-refractivity contribution in [3.05, 3.63) is 59.4 Å². The average Bonchev–Trinajstić information content (AvgIpc) is 2.92. The quantitative estimate of drug-likeness (QED) is 0.468. The summed E-state index contributed by atoms with van der Waals surface area (Å²) in [6.45, 7) is 4.14. The van der Waals surface area contributed by atoms with E-state index < -0.39 is 0 Å². The molecule has 1 aliphatic rings. The highest BCUT2D eigenvalue weighted by molar-refractivity contribution is 6.14. The summed E-state index contributed by atoms with van der Waals surface area (Å²) in [4.78, 5) is 24.1. The van der Waals surface area contributed by atoms with Crippen molar-refractivity contribution < 1.29 is 23.8 Å². The van der Waals surface area contributed by atoms with E-state index in [1.54, 1.807) is 55.5 Å². The number of rotatable bonds is 5. The molecule has 5 nitrogen and oxygen atoms in total. The van der Waals surface area contributed by atoms with E-state index in [0.29, 0.717) is 35.0 Å². The SMILES string of the molecule is CCOc1ccc2c(c1)O/C(=C\c1ccccc1OC(=O)CC)C2=O. The van der Waals surface area contributed by atoms with Crippen LogP contribution in [0.25, 0.3) is 6.08 Å². The van der Waals surface area contributed by atoms with Gasteiger partial charge < -0.3 is 14.2 Å². The van der Waals surface area contributed by atoms with Crippen molar-refractivity contribution in [2.24, 2.45) is 0 Å². The van der Waals surface area contributed by atoms with Gasteiger partial charge in [-0.1, -0.05) is 25.1 Å². The third-order valence-electron chi connectivity index (χ3n) is 3.67. The smallest absolute Gasteiger partial charge is 0.310 e. The van der Waals surface area contributed by atoms with E-state index in [1.807, 2.05) is 6.92 Å². The molecule has 0 aromatic heterocycles. The number of hydrogen-bond donors (Lipinski definition) is 0. The van der Waals surface area contributed by atoms with Gasteiger partial charge in [0.05, 0.1) is 12.2 Å². The van der Waals surface area contributed by atoms with Crippen LogP contribution in [0, 0.1) is 0 Å². The van der Waals surface area contributed by atoms with Gasteiger partial charge in [0.15, 0.2) is 5.76 Å². The summed E-state index contributed by atoms with van der Waals surface area (Å²) in [6, 6.07) is 12.1. The van der Waals surface area contributed by atoms with Gasteiger partial charge in [-0.05, 0) is 31.2 Å². The maximum atomic E-state index is 12.5. The number of esters is 1. The number of Topliss-reactive ketones (excluding diaryl/α,β-unsaturated/α-hetero) is 1. The summed E-state index contributed by atoms with van der Waals surface area (Å²) >= 11 is 0. The molecule has 0 fully saturated rings. The van der Waals surface area contributed by atoms with Gasteiger partial charge in [0, 0.05) is 18.1 Å². The van der Waals surface area contributed by atoms with Crippen LogP contribution in [0.15, 0.2) is 48.2 Å². The molecule has 2 aromatic carbocycles. The number of ketones is 1. The molecule has 0 N–H and O–H groups in total. The molecule has 0 aliphatic carbocycles. The zero-order valence-corrected chi connectivity index (χ0v) is 14.1. The van der Waals surface area contributed by atoms with Crippen molar-refractivity contribution >= 4 is 17.8 Å². The first kappa shape index (κ1) is 16.8. The molecule has 25 heavy (non-hydrogen) atoms. The van der Waals surface area contributed by atoms with Crippen LogP contribution in [0.1, 0.15) is 36.2 Å². The van der Waals surface area contributed by atoms with Gasteiger partial charge in [-0.2, -0.15) is 0 Å². The topological polar surface area (TPSA) is 61.8 Å². The van der Waals surface area contributed by atoms with E-state index >= 15 is 0 Å². The number of carbonyl (C=O) groups is 2. The molecule has 2 aromatic rings. The fourth-order valence-corrected chi connectivity index (χ4v) is 2.45. The Balaban J connectivity index is 1.91. The number of hydrogen-bond acceptors (Lipinski definition) is 5. The molecule has 1 heterocycles. The molecule has 3 rings (SSSR count). The van der Waals surface area contributed by atoms with Gasteiger partial charge in [0.1, 0.15) is 17.2 Å². The Morgan fingerprint density at radius 3 is 2.72 bits per heavy atom. The van der Waals surface area contributed by atoms with E-state index in [2.05, 4.69) is 0 Å². The first-order valence-corrected chi connectivity index (χ1v) is 8.13. The second-order valence-corrected chi connectivity index (χ2v) is 5.40. The second kappa shape index (κ2) is 7.21. The zero-order chi connectivity index (χ0) is 17.8. The van der Waals surface area contributed by atoms with Crippen LogP contribution in [0.3, 0.4) is 0 Å². The van der Waals surface area contributed by atoms with E-state index in [-0.39, 0.29) is 23.9 Å². The lowest BCUT2D eigenvalue weighted by atomic mass is 10.1. The fourth-order valence-electron chi connectivity index (χ4n) is 2.45. The van der Waals surface area contributed by atoms with Gasteiger partial charge in [-0.25, -0.2) is 0 Å². The highest BCUT2D eigenvalue weighted by Crippen LogP contribution is 2.35. The van der Waals surface area contributed by atoms with E-state index in [0.717, 1.165) is 0 Å². The van der Waals surface area contributed by atoms with Crippen molar-refractivity contribution in [2.75, 3.05) is 6.61 Å². The minimum Gasteiger partial charge on any atom is -0.494 e. The van der Waals surface area contributed by atoms with Crippen molar-refractivity contribution in [3.63, 3.8) is 0 Å². The lowest BCUT2D eigenvalue weighted by molar-refractivity contribution is -0.134. The minimum atomic E-state index is -0.339. The standard InChI is InChI=1S/C20H18O5/c1-3-19(21)25-16-8-6-5-7-13(16)11-18-20(22)15-10-9-14(23-4-2)12-17(15)24-18/h5-12H,3-4H2,1-2H3/b18-11-. The summed E-state index contributed by atoms with van der Waals surface area (Å²) in [5.41, 5.74) is 1.09. The molecular formula is C20H18O5. The molecule has 0 saturated heterocycles. The molecular weight excluding hydrogens is 320 g/mol. The maximum absolute atomic E-state index is 12.5. The summed E-state index contributed by atoms with van der Waals surface area (Å²) in [5, 5.41) is 0. The third kappa shape index (κ3) is 3.55. The molecule has 0 bridgehead atoms. The Morgan fingerprint density at radius 2 is 1.96 bits per heavy atom. The largest absolute Gasteiger partial charge is 0.494 e. The number of carbonyl (C=O) groups excluding carboxylic acids is 2. The number of para-hydroxylation sites is 1. The molecule has 0 amide bonds. The molecule has 5 heteroatoms. The van der Waals surface area contributed by atoms with Crippen LogP contribution < -0.4 is 14.2 Å². The Kier molecular flexibility index (Phi) is 4.84. The minimum absolute atomic E-state index is 0.184. The zero-order valence-electron chi connectivity index (χ0n) is 14.1. The molecule has 0 unspecified atom stereocenters. The summed E-state index contributed by atoms with van der Waals surface area (Å²) in [7, 11) is 0. The van der Waals surface area contributed by atoms with E-state index in [1.165, 1.54) is 0 Å². The van der Waals surface area contributed by atoms with Crippen molar-refractivity contribution in [1.29, 1.82) is 0 Å². The number of benzene rings is 2. The predicted molar refractivity (Wildman–Crippen MR) is 92.9 cm³/mol. The second-order valence-electron chi connectivity index (χ2n) is 5.40. The molecule has 128 valence electrons. The lowest BCUT2D eigenvalue weighted by Gasteiger charge is -2.07. The summed E-state index contributed by atoms with van der Waals surface area (Å²) in [6.07, 6.45) is 1.85. The Bertz CT molecular complexity index is 851. The van der Waals surface area contributed by atoms with Gasteiger partial charge in [0.25, 0.3) is 0 Å². The van der Waals surface area contributed by atoms with Crippen LogP contribution in [0.2, 0.25) is 0 Å². The van der Waals surface area contributed by atoms with Gasteiger partial charge in [-0.15, -0.1) is 0 Å². The molecule has 1 aliphatic heterocycles. The highest BCUT2D eigenvalue weighted by atomic mass is 16.5. The number of ether oxygens (including phenoxy) is 3. The van der Waals surface area contributed by atoms with E-state index in [4.69, 9.17) is 14.2 Å². The fraction of sp³-hybridized carbons (Fsp3) is 0.200. The molecule has 0 spiro atoms. The molecule has 0 radical (unpaired) electrons. The van der Waals surface area contributed by atoms with Crippen molar-refractivity contribution in [3.8, 4) is 17.2 Å². The third-order valence-corrected chi connectivity index (χ3v) is 3.67. The molecule has 0 saturated carbocycles. The Morgan fingerprint density at radius 1 is 1.16 bits per heavy atom. The first-order valence-electron chi connectivity index (χ1n) is 8.13. The van der Waals surface area contributed by atoms with E-state index in [9.17, 15) is 9.59 Å². The Labute approximate surface area is 145 Å². The van der Waals surface area contributed by atoms with Gasteiger partial charge in [0.2, 0.25) is 5.78 Å². The van der Waals surface area contributed by atoms with Crippen molar-refractivity contribution in [1.82, 2.24) is 0 Å². The predicted octanol–water partition coefficient (Wildman–Crippen LogP) is 4.02. The summed E-state index contributed by atoms with van der Waals surface area (Å²) in [5.74, 6) is 1.13. The van der Waals surface area contributed by atoms with Crippen molar-refractivity contribution in [2.45, 2.75) is 20.3 Å². The van der Waals surface area contributed by atoms with Crippen LogP contribution in [0.4, 0.5) is 0 Å². The number of fused-ring (bicyclic) bond motifs is 1. The average molecular weight is 338 g/mol. The first-order chi connectivity index (χ1) is 12.1. The van der Waals surface area contributed by atoms with Crippen LogP contribution >= 0.6 is 0 Å². The Hall–Kier alpha value is -3.08. The molecule has 0 atom stereocenters. The van der Waals surface area contributed by atoms with Crippen LogP contribution in [-0.2, 0) is 4.79 Å². The number of allylic oxidation sites excluding steroid dienone is 1. The summed E-state index contributed by atoms with van der Waals surface area (Å²) < 4.78 is 16.4. The van der Waals surface area contributed by atoms with Crippen LogP contribution in [0.5, 0.6) is 17.2 Å². The maximum Gasteiger partial charge on any atom is 0.310 e.